The number of hydrogen-bond donors (Lipinski definition) is 0. The van der Waals surface area contributed by atoms with Crippen LogP contribution in [-0.2, 0) is 15.4 Å². The minimum absolute atomic E-state index is 0.189. The van der Waals surface area contributed by atoms with Crippen molar-refractivity contribution in [1.82, 2.24) is 4.31 Å². The van der Waals surface area contributed by atoms with Crippen LogP contribution in [0.2, 0.25) is 0 Å². The van der Waals surface area contributed by atoms with Gasteiger partial charge in [-0.15, -0.1) is 0 Å². The van der Waals surface area contributed by atoms with Crippen molar-refractivity contribution in [3.05, 3.63) is 33.9 Å². The number of alkyl halides is 1. The first-order chi connectivity index (χ1) is 14.9. The Morgan fingerprint density at radius 1 is 0.871 bits per heavy atom. The van der Waals surface area contributed by atoms with Crippen LogP contribution in [0.15, 0.2) is 23.1 Å². The van der Waals surface area contributed by atoms with E-state index in [-0.39, 0.29) is 15.9 Å². The number of hydrogen-bond acceptors (Lipinski definition) is 4. The van der Waals surface area contributed by atoms with Crippen LogP contribution in [0.4, 0.5) is 5.69 Å². The molecule has 0 amide bonds. The molecule has 0 bridgehead atoms. The minimum atomic E-state index is -3.93. The molecule has 0 aliphatic carbocycles. The van der Waals surface area contributed by atoms with Crippen LogP contribution in [0.5, 0.6) is 0 Å². The standard InChI is InChI=1S/C23H39BrN2O4S/c1-3-5-7-9-11-13-18-25(19-14-12-10-8-6-4-2)31(29,30)22-17-15-16-21(20-24)23(22)26(27)28/h15-17H,3-14,18-20H2,1-2H3. The van der Waals surface area contributed by atoms with Crippen molar-refractivity contribution in [2.45, 2.75) is 101 Å². The van der Waals surface area contributed by atoms with Crippen LogP contribution in [-0.4, -0.2) is 30.7 Å². The smallest absolute Gasteiger partial charge is 0.258 e. The van der Waals surface area contributed by atoms with E-state index in [4.69, 9.17) is 0 Å². The van der Waals surface area contributed by atoms with Gasteiger partial charge in [0, 0.05) is 24.0 Å². The van der Waals surface area contributed by atoms with Gasteiger partial charge in [-0.1, -0.05) is 106 Å². The van der Waals surface area contributed by atoms with Crippen molar-refractivity contribution < 1.29 is 13.3 Å². The normalized spacial score (nSPS) is 11.9. The quantitative estimate of drug-likeness (QED) is 0.0889. The fraction of sp³-hybridized carbons (Fsp3) is 0.739. The Bertz CT molecular complexity index is 740. The van der Waals surface area contributed by atoms with Gasteiger partial charge in [0.15, 0.2) is 4.90 Å². The highest BCUT2D eigenvalue weighted by Gasteiger charge is 2.32. The fourth-order valence-corrected chi connectivity index (χ4v) is 5.89. The van der Waals surface area contributed by atoms with Crippen LogP contribution in [0, 0.1) is 10.1 Å². The van der Waals surface area contributed by atoms with E-state index in [1.807, 2.05) is 0 Å². The number of unbranched alkanes of at least 4 members (excludes halogenated alkanes) is 10. The molecule has 1 rings (SSSR count). The zero-order chi connectivity index (χ0) is 23.1. The zero-order valence-corrected chi connectivity index (χ0v) is 21.6. The number of sulfonamides is 1. The van der Waals surface area contributed by atoms with Gasteiger partial charge in [-0.25, -0.2) is 8.42 Å². The zero-order valence-electron chi connectivity index (χ0n) is 19.2. The predicted octanol–water partition coefficient (Wildman–Crippen LogP) is 7.20. The highest BCUT2D eigenvalue weighted by atomic mass is 79.9. The van der Waals surface area contributed by atoms with Gasteiger partial charge in [-0.3, -0.25) is 10.1 Å². The predicted molar refractivity (Wildman–Crippen MR) is 131 cm³/mol. The molecule has 1 aromatic carbocycles. The highest BCUT2D eigenvalue weighted by Crippen LogP contribution is 2.32. The lowest BCUT2D eigenvalue weighted by Crippen LogP contribution is -2.33. The van der Waals surface area contributed by atoms with Gasteiger partial charge in [0.1, 0.15) is 0 Å². The second-order valence-electron chi connectivity index (χ2n) is 8.09. The van der Waals surface area contributed by atoms with Gasteiger partial charge in [0.05, 0.1) is 4.92 Å². The summed E-state index contributed by atoms with van der Waals surface area (Å²) in [6.45, 7) is 5.17. The Labute approximate surface area is 197 Å². The lowest BCUT2D eigenvalue weighted by molar-refractivity contribution is -0.388. The maximum Gasteiger partial charge on any atom is 0.293 e. The van der Waals surface area contributed by atoms with Crippen LogP contribution < -0.4 is 0 Å². The summed E-state index contributed by atoms with van der Waals surface area (Å²) < 4.78 is 28.4. The summed E-state index contributed by atoms with van der Waals surface area (Å²) >= 11 is 3.25. The molecule has 0 atom stereocenters. The molecule has 0 unspecified atom stereocenters. The van der Waals surface area contributed by atoms with Crippen LogP contribution in [0.3, 0.4) is 0 Å². The molecule has 6 nitrogen and oxygen atoms in total. The second-order valence-corrected chi connectivity index (χ2v) is 10.6. The summed E-state index contributed by atoms with van der Waals surface area (Å²) in [7, 11) is -3.93. The van der Waals surface area contributed by atoms with Gasteiger partial charge < -0.3 is 0 Å². The summed E-state index contributed by atoms with van der Waals surface area (Å²) in [5, 5.41) is 11.9. The van der Waals surface area contributed by atoms with E-state index >= 15 is 0 Å². The average molecular weight is 520 g/mol. The number of nitrogens with zero attached hydrogens (tertiary/aromatic N) is 2. The maximum absolute atomic E-state index is 13.5. The lowest BCUT2D eigenvalue weighted by Gasteiger charge is -2.22. The topological polar surface area (TPSA) is 80.5 Å². The third-order valence-corrected chi connectivity index (χ3v) is 8.08. The Kier molecular flexibility index (Phi) is 14.3. The third-order valence-electron chi connectivity index (χ3n) is 5.55. The summed E-state index contributed by atoms with van der Waals surface area (Å²) in [4.78, 5) is 10.9. The van der Waals surface area contributed by atoms with Crippen molar-refractivity contribution in [3.8, 4) is 0 Å². The molecule has 31 heavy (non-hydrogen) atoms. The summed E-state index contributed by atoms with van der Waals surface area (Å²) in [5.74, 6) is 0. The number of benzene rings is 1. The average Bonchev–Trinajstić information content (AvgIpc) is 2.76. The molecule has 0 aromatic heterocycles. The summed E-state index contributed by atoms with van der Waals surface area (Å²) in [5.41, 5.74) is 0.0698. The Balaban J connectivity index is 2.97. The molecule has 0 aliphatic rings. The molecular weight excluding hydrogens is 480 g/mol. The van der Waals surface area contributed by atoms with E-state index < -0.39 is 14.9 Å². The van der Waals surface area contributed by atoms with Crippen LogP contribution in [0.1, 0.15) is 96.5 Å². The van der Waals surface area contributed by atoms with Crippen LogP contribution >= 0.6 is 15.9 Å². The van der Waals surface area contributed by atoms with Gasteiger partial charge in [-0.2, -0.15) is 4.31 Å². The molecular formula is C23H39BrN2O4S. The second kappa shape index (κ2) is 15.8. The van der Waals surface area contributed by atoms with Crippen LogP contribution in [0.25, 0.3) is 0 Å². The maximum atomic E-state index is 13.5. The largest absolute Gasteiger partial charge is 0.293 e. The van der Waals surface area contributed by atoms with Gasteiger partial charge in [-0.05, 0) is 18.9 Å². The third kappa shape index (κ3) is 9.58. The summed E-state index contributed by atoms with van der Waals surface area (Å²) in [6.07, 6.45) is 12.8. The van der Waals surface area contributed by atoms with Crippen molar-refractivity contribution in [2.75, 3.05) is 13.1 Å². The fourth-order valence-electron chi connectivity index (χ4n) is 3.72. The number of halogens is 1. The monoisotopic (exact) mass is 518 g/mol. The van der Waals surface area contributed by atoms with E-state index in [2.05, 4.69) is 29.8 Å². The molecule has 1 aromatic rings. The number of para-hydroxylation sites is 1. The van der Waals surface area contributed by atoms with Crippen molar-refractivity contribution in [2.24, 2.45) is 0 Å². The molecule has 0 N–H and O–H groups in total. The molecule has 0 fully saturated rings. The molecule has 0 aliphatic heterocycles. The molecule has 0 heterocycles. The Morgan fingerprint density at radius 2 is 1.35 bits per heavy atom. The lowest BCUT2D eigenvalue weighted by atomic mass is 10.1. The van der Waals surface area contributed by atoms with Crippen molar-refractivity contribution in [3.63, 3.8) is 0 Å². The van der Waals surface area contributed by atoms with E-state index in [9.17, 15) is 18.5 Å². The summed E-state index contributed by atoms with van der Waals surface area (Å²) in [6, 6.07) is 4.55. The number of rotatable bonds is 18. The van der Waals surface area contributed by atoms with E-state index in [1.165, 1.54) is 48.9 Å². The van der Waals surface area contributed by atoms with Gasteiger partial charge in [0.25, 0.3) is 5.69 Å². The van der Waals surface area contributed by atoms with E-state index in [1.54, 1.807) is 12.1 Å². The van der Waals surface area contributed by atoms with Gasteiger partial charge >= 0.3 is 0 Å². The van der Waals surface area contributed by atoms with E-state index in [0.29, 0.717) is 18.7 Å². The van der Waals surface area contributed by atoms with E-state index in [0.717, 1.165) is 38.5 Å². The Hall–Kier alpha value is -0.990. The van der Waals surface area contributed by atoms with Gasteiger partial charge in [0.2, 0.25) is 10.0 Å². The molecule has 0 saturated carbocycles. The molecule has 0 saturated heterocycles. The first-order valence-electron chi connectivity index (χ1n) is 11.7. The molecule has 0 radical (unpaired) electrons. The number of nitro groups is 1. The first-order valence-corrected chi connectivity index (χ1v) is 14.3. The molecule has 0 spiro atoms. The number of nitro benzene ring substituents is 1. The molecule has 178 valence electrons. The van der Waals surface area contributed by atoms with Crippen molar-refractivity contribution in [1.29, 1.82) is 0 Å². The first kappa shape index (κ1) is 28.0. The Morgan fingerprint density at radius 3 is 1.81 bits per heavy atom. The minimum Gasteiger partial charge on any atom is -0.258 e. The molecule has 8 heteroatoms. The van der Waals surface area contributed by atoms with Crippen molar-refractivity contribution >= 4 is 31.6 Å². The highest BCUT2D eigenvalue weighted by molar-refractivity contribution is 9.08. The SMILES string of the molecule is CCCCCCCCN(CCCCCCCC)S(=O)(=O)c1cccc(CBr)c1[N+](=O)[O-].